The molecule has 102 valence electrons. The summed E-state index contributed by atoms with van der Waals surface area (Å²) in [4.78, 5) is 6.35. The van der Waals surface area contributed by atoms with Crippen molar-refractivity contribution in [1.29, 1.82) is 0 Å². The zero-order valence-electron chi connectivity index (χ0n) is 11.8. The van der Waals surface area contributed by atoms with Crippen molar-refractivity contribution in [2.75, 3.05) is 25.1 Å². The van der Waals surface area contributed by atoms with Gasteiger partial charge in [0.2, 0.25) is 0 Å². The number of hydrogen-bond donors (Lipinski definition) is 2. The maximum absolute atomic E-state index is 9.18. The van der Waals surface area contributed by atoms with E-state index in [9.17, 15) is 5.11 Å². The number of nitrogens with one attached hydrogen (secondary N) is 1. The molecule has 0 aliphatic rings. The molecular weight excluding hydrogens is 226 g/mol. The quantitative estimate of drug-likeness (QED) is 0.778. The van der Waals surface area contributed by atoms with Crippen molar-refractivity contribution in [2.45, 2.75) is 39.3 Å². The molecule has 2 unspecified atom stereocenters. The van der Waals surface area contributed by atoms with Gasteiger partial charge >= 0.3 is 0 Å². The zero-order valence-corrected chi connectivity index (χ0v) is 11.8. The van der Waals surface area contributed by atoms with Crippen LogP contribution in [0.5, 0.6) is 0 Å². The number of aliphatic hydroxyl groups excluding tert-OH is 1. The predicted octanol–water partition coefficient (Wildman–Crippen LogP) is 1.96. The molecule has 18 heavy (non-hydrogen) atoms. The van der Waals surface area contributed by atoms with Gasteiger partial charge in [0.05, 0.1) is 12.6 Å². The monoisotopic (exact) mass is 251 g/mol. The summed E-state index contributed by atoms with van der Waals surface area (Å²) in [5.74, 6) is 0.902. The Morgan fingerprint density at radius 3 is 2.78 bits per heavy atom. The molecule has 0 aliphatic heterocycles. The van der Waals surface area contributed by atoms with Gasteiger partial charge in [-0.15, -0.1) is 0 Å². The van der Waals surface area contributed by atoms with Crippen molar-refractivity contribution in [2.24, 2.45) is 0 Å². The highest BCUT2D eigenvalue weighted by atomic mass is 16.3. The number of nitrogens with zero attached hydrogens (tertiary/aromatic N) is 2. The highest BCUT2D eigenvalue weighted by Crippen LogP contribution is 2.18. The van der Waals surface area contributed by atoms with E-state index in [-0.39, 0.29) is 12.6 Å². The summed E-state index contributed by atoms with van der Waals surface area (Å²) in [6.07, 6.45) is 2.96. The molecule has 4 nitrogen and oxygen atoms in total. The Bertz CT molecular complexity index is 357. The minimum Gasteiger partial charge on any atom is -0.394 e. The molecule has 0 saturated carbocycles. The lowest BCUT2D eigenvalue weighted by Crippen LogP contribution is -2.32. The van der Waals surface area contributed by atoms with E-state index in [2.05, 4.69) is 30.2 Å². The average Bonchev–Trinajstić information content (AvgIpc) is 2.43. The second-order valence-corrected chi connectivity index (χ2v) is 4.77. The Morgan fingerprint density at radius 2 is 2.17 bits per heavy atom. The van der Waals surface area contributed by atoms with Crippen LogP contribution in [0.2, 0.25) is 0 Å². The average molecular weight is 251 g/mol. The number of pyridine rings is 1. The third-order valence-electron chi connectivity index (χ3n) is 3.26. The van der Waals surface area contributed by atoms with Crippen molar-refractivity contribution in [3.05, 3.63) is 23.9 Å². The number of anilines is 1. The third kappa shape index (κ3) is 3.96. The van der Waals surface area contributed by atoms with Crippen molar-refractivity contribution < 1.29 is 5.11 Å². The number of hydrogen-bond acceptors (Lipinski definition) is 4. The molecule has 1 heterocycles. The Morgan fingerprint density at radius 1 is 1.44 bits per heavy atom. The molecule has 1 aromatic rings. The van der Waals surface area contributed by atoms with Gasteiger partial charge in [-0.1, -0.05) is 6.92 Å². The molecule has 0 aromatic carbocycles. The van der Waals surface area contributed by atoms with Gasteiger partial charge in [0, 0.05) is 19.3 Å². The first-order valence-electron chi connectivity index (χ1n) is 6.63. The molecule has 0 radical (unpaired) electrons. The summed E-state index contributed by atoms with van der Waals surface area (Å²) in [5, 5.41) is 12.6. The number of likely N-dealkylation sites (N-methyl/N-ethyl adjacent to an activating group) is 1. The van der Waals surface area contributed by atoms with E-state index in [1.807, 2.05) is 31.1 Å². The minimum absolute atomic E-state index is 0.0756. The fourth-order valence-corrected chi connectivity index (χ4v) is 1.72. The first-order valence-corrected chi connectivity index (χ1v) is 6.63. The van der Waals surface area contributed by atoms with Crippen molar-refractivity contribution in [3.8, 4) is 0 Å². The summed E-state index contributed by atoms with van der Waals surface area (Å²) in [6, 6.07) is 4.52. The van der Waals surface area contributed by atoms with E-state index in [0.29, 0.717) is 6.04 Å². The van der Waals surface area contributed by atoms with E-state index in [4.69, 9.17) is 0 Å². The van der Waals surface area contributed by atoms with Gasteiger partial charge in [-0.25, -0.2) is 4.98 Å². The topological polar surface area (TPSA) is 48.4 Å². The second kappa shape index (κ2) is 7.34. The van der Waals surface area contributed by atoms with Gasteiger partial charge in [0.15, 0.2) is 0 Å². The molecule has 2 atom stereocenters. The van der Waals surface area contributed by atoms with Crippen LogP contribution in [0, 0.1) is 0 Å². The highest BCUT2D eigenvalue weighted by Gasteiger charge is 2.12. The number of rotatable bonds is 7. The van der Waals surface area contributed by atoms with Crippen molar-refractivity contribution in [1.82, 2.24) is 10.3 Å². The van der Waals surface area contributed by atoms with Crippen LogP contribution in [-0.2, 0) is 0 Å². The first kappa shape index (κ1) is 14.9. The van der Waals surface area contributed by atoms with E-state index < -0.39 is 0 Å². The second-order valence-electron chi connectivity index (χ2n) is 4.77. The molecule has 1 rings (SSSR count). The lowest BCUT2D eigenvalue weighted by molar-refractivity contribution is 0.270. The lowest BCUT2D eigenvalue weighted by Gasteiger charge is -2.25. The van der Waals surface area contributed by atoms with Gasteiger partial charge in [0.1, 0.15) is 5.82 Å². The smallest absolute Gasteiger partial charge is 0.128 e. The molecule has 0 spiro atoms. The minimum atomic E-state index is 0.0756. The van der Waals surface area contributed by atoms with Crippen LogP contribution >= 0.6 is 0 Å². The Hall–Kier alpha value is -1.13. The first-order chi connectivity index (χ1) is 8.60. The molecule has 0 bridgehead atoms. The van der Waals surface area contributed by atoms with Crippen LogP contribution < -0.4 is 10.2 Å². The van der Waals surface area contributed by atoms with E-state index >= 15 is 0 Å². The van der Waals surface area contributed by atoms with Crippen LogP contribution in [0.15, 0.2) is 18.3 Å². The molecule has 4 heteroatoms. The van der Waals surface area contributed by atoms with Crippen LogP contribution in [-0.4, -0.2) is 36.3 Å². The Kier molecular flexibility index (Phi) is 6.09. The van der Waals surface area contributed by atoms with Gasteiger partial charge in [-0.05, 0) is 44.5 Å². The third-order valence-corrected chi connectivity index (χ3v) is 3.26. The summed E-state index contributed by atoms with van der Waals surface area (Å²) in [5.41, 5.74) is 1.23. The van der Waals surface area contributed by atoms with E-state index in [0.717, 1.165) is 18.8 Å². The Labute approximate surface area is 110 Å². The van der Waals surface area contributed by atoms with Gasteiger partial charge in [-0.2, -0.15) is 0 Å². The molecule has 0 fully saturated rings. The Balaban J connectivity index is 2.78. The van der Waals surface area contributed by atoms with E-state index in [1.54, 1.807) is 0 Å². The van der Waals surface area contributed by atoms with Gasteiger partial charge in [-0.3, -0.25) is 0 Å². The van der Waals surface area contributed by atoms with Crippen LogP contribution in [0.25, 0.3) is 0 Å². The standard InChI is InChI=1S/C14H25N3O/c1-5-7-15-12(3)13-6-8-16-14(9-13)17(4)11(2)10-18/h6,8-9,11-12,15,18H,5,7,10H2,1-4H3. The molecule has 1 aromatic heterocycles. The largest absolute Gasteiger partial charge is 0.394 e. The molecule has 2 N–H and O–H groups in total. The SMILES string of the molecule is CCCNC(C)c1ccnc(N(C)C(C)CO)c1. The zero-order chi connectivity index (χ0) is 13.5. The maximum Gasteiger partial charge on any atom is 0.128 e. The van der Waals surface area contributed by atoms with Crippen molar-refractivity contribution in [3.63, 3.8) is 0 Å². The maximum atomic E-state index is 9.18. The molecule has 0 aliphatic carbocycles. The predicted molar refractivity (Wildman–Crippen MR) is 75.9 cm³/mol. The molecule has 0 amide bonds. The summed E-state index contributed by atoms with van der Waals surface area (Å²) < 4.78 is 0. The normalized spacial score (nSPS) is 14.3. The fourth-order valence-electron chi connectivity index (χ4n) is 1.72. The lowest BCUT2D eigenvalue weighted by atomic mass is 10.1. The summed E-state index contributed by atoms with van der Waals surface area (Å²) in [7, 11) is 1.96. The van der Waals surface area contributed by atoms with Gasteiger partial charge in [0.25, 0.3) is 0 Å². The summed E-state index contributed by atoms with van der Waals surface area (Å²) in [6.45, 7) is 7.44. The fraction of sp³-hybridized carbons (Fsp3) is 0.643. The van der Waals surface area contributed by atoms with Crippen LogP contribution in [0.4, 0.5) is 5.82 Å². The highest BCUT2D eigenvalue weighted by molar-refractivity contribution is 5.41. The van der Waals surface area contributed by atoms with Crippen LogP contribution in [0.3, 0.4) is 0 Å². The number of aliphatic hydroxyl groups is 1. The molecular formula is C14H25N3O. The van der Waals surface area contributed by atoms with Crippen molar-refractivity contribution >= 4 is 5.82 Å². The van der Waals surface area contributed by atoms with E-state index in [1.165, 1.54) is 5.56 Å². The molecule has 0 saturated heterocycles. The van der Waals surface area contributed by atoms with Gasteiger partial charge < -0.3 is 15.3 Å². The van der Waals surface area contributed by atoms with Crippen LogP contribution in [0.1, 0.15) is 38.8 Å². The number of aromatic nitrogens is 1. The summed E-state index contributed by atoms with van der Waals surface area (Å²) >= 11 is 0.